The zero-order chi connectivity index (χ0) is 23.5. The molecule has 0 saturated heterocycles. The van der Waals surface area contributed by atoms with Crippen molar-refractivity contribution in [1.29, 1.82) is 0 Å². The van der Waals surface area contributed by atoms with Crippen LogP contribution in [-0.2, 0) is 16.6 Å². The topological polar surface area (TPSA) is 123 Å². The number of carboxylic acid groups (broad SMARTS) is 1. The highest BCUT2D eigenvalue weighted by atomic mass is 16.5. The number of carboxylic acids is 1. The number of benzene rings is 2. The number of carbonyl (C=O) groups is 3. The highest BCUT2D eigenvalue weighted by Crippen LogP contribution is 2.44. The molecule has 0 fully saturated rings. The van der Waals surface area contributed by atoms with Crippen molar-refractivity contribution in [3.8, 4) is 11.1 Å². The van der Waals surface area contributed by atoms with Crippen LogP contribution >= 0.6 is 0 Å². The molecule has 1 aliphatic rings. The average molecular weight is 448 g/mol. The molecule has 4 rings (SSSR count). The maximum absolute atomic E-state index is 12.5. The maximum atomic E-state index is 12.5. The predicted molar refractivity (Wildman–Crippen MR) is 121 cm³/mol. The fourth-order valence-corrected chi connectivity index (χ4v) is 4.00. The average Bonchev–Trinajstić information content (AvgIpc) is 3.33. The number of nitrogens with zero attached hydrogens (tertiary/aromatic N) is 2. The number of hydrogen-bond donors (Lipinski definition) is 3. The molecule has 2 amide bonds. The van der Waals surface area contributed by atoms with Gasteiger partial charge in [0, 0.05) is 19.0 Å². The molecule has 170 valence electrons. The largest absolute Gasteiger partial charge is 0.480 e. The Kier molecular flexibility index (Phi) is 6.12. The molecule has 33 heavy (non-hydrogen) atoms. The fourth-order valence-electron chi connectivity index (χ4n) is 4.00. The number of aliphatic carboxylic acids is 1. The summed E-state index contributed by atoms with van der Waals surface area (Å²) in [5, 5.41) is 18.1. The van der Waals surface area contributed by atoms with E-state index in [-0.39, 0.29) is 30.5 Å². The van der Waals surface area contributed by atoms with Crippen LogP contribution in [0.25, 0.3) is 11.1 Å². The number of nitrogens with one attached hydrogen (secondary N) is 2. The minimum Gasteiger partial charge on any atom is -0.480 e. The van der Waals surface area contributed by atoms with Crippen molar-refractivity contribution >= 4 is 23.8 Å². The Hall–Kier alpha value is -4.14. The molecule has 0 aliphatic heterocycles. The molecule has 0 bridgehead atoms. The van der Waals surface area contributed by atoms with Crippen LogP contribution in [0.5, 0.6) is 0 Å². The molecule has 1 heterocycles. The van der Waals surface area contributed by atoms with E-state index in [1.54, 1.807) is 14.0 Å². The number of fused-ring (bicyclic) bond motifs is 3. The Morgan fingerprint density at radius 1 is 1.09 bits per heavy atom. The maximum Gasteiger partial charge on any atom is 0.412 e. The fraction of sp³-hybridized carbons (Fsp3) is 0.250. The van der Waals surface area contributed by atoms with Crippen molar-refractivity contribution < 1.29 is 24.2 Å². The SMILES string of the molecule is CC[C@@H](NC(=O)c1cc(NC(=O)OCC2c3ccccc3-c3ccccc32)n(C)n1)C(=O)O. The first kappa shape index (κ1) is 22.1. The molecule has 3 N–H and O–H groups in total. The van der Waals surface area contributed by atoms with E-state index in [4.69, 9.17) is 9.84 Å². The minimum atomic E-state index is -1.13. The third kappa shape index (κ3) is 4.43. The van der Waals surface area contributed by atoms with Crippen LogP contribution in [0.4, 0.5) is 10.6 Å². The minimum absolute atomic E-state index is 0.00820. The third-order valence-electron chi connectivity index (χ3n) is 5.70. The van der Waals surface area contributed by atoms with Gasteiger partial charge < -0.3 is 15.2 Å². The van der Waals surface area contributed by atoms with Crippen molar-refractivity contribution in [2.24, 2.45) is 7.05 Å². The normalized spacial score (nSPS) is 13.0. The van der Waals surface area contributed by atoms with Gasteiger partial charge >= 0.3 is 12.1 Å². The van der Waals surface area contributed by atoms with E-state index in [1.165, 1.54) is 10.7 Å². The zero-order valence-electron chi connectivity index (χ0n) is 18.2. The summed E-state index contributed by atoms with van der Waals surface area (Å²) < 4.78 is 6.83. The van der Waals surface area contributed by atoms with E-state index < -0.39 is 24.0 Å². The summed E-state index contributed by atoms with van der Waals surface area (Å²) in [6.45, 7) is 1.81. The number of hydrogen-bond acceptors (Lipinski definition) is 5. The zero-order valence-corrected chi connectivity index (χ0v) is 18.2. The van der Waals surface area contributed by atoms with E-state index in [0.29, 0.717) is 0 Å². The summed E-state index contributed by atoms with van der Waals surface area (Å²) >= 11 is 0. The Labute approximate surface area is 190 Å². The molecule has 0 unspecified atom stereocenters. The van der Waals surface area contributed by atoms with Gasteiger partial charge in [-0.2, -0.15) is 5.10 Å². The van der Waals surface area contributed by atoms with Crippen LogP contribution in [0.2, 0.25) is 0 Å². The molecule has 2 aromatic carbocycles. The highest BCUT2D eigenvalue weighted by Gasteiger charge is 2.29. The molecule has 1 aromatic heterocycles. The molecule has 1 aliphatic carbocycles. The number of ether oxygens (including phenoxy) is 1. The lowest BCUT2D eigenvalue weighted by atomic mass is 9.98. The van der Waals surface area contributed by atoms with Crippen molar-refractivity contribution in [3.05, 3.63) is 71.4 Å². The lowest BCUT2D eigenvalue weighted by molar-refractivity contribution is -0.139. The molecule has 0 radical (unpaired) electrons. The lowest BCUT2D eigenvalue weighted by Crippen LogP contribution is -2.40. The summed E-state index contributed by atoms with van der Waals surface area (Å²) in [6, 6.07) is 16.4. The summed E-state index contributed by atoms with van der Waals surface area (Å²) in [5.74, 6) is -1.59. The Bertz CT molecular complexity index is 1170. The number of aromatic nitrogens is 2. The van der Waals surface area contributed by atoms with Crippen LogP contribution in [0.1, 0.15) is 40.9 Å². The molecule has 0 saturated carbocycles. The van der Waals surface area contributed by atoms with Gasteiger partial charge in [0.15, 0.2) is 5.69 Å². The van der Waals surface area contributed by atoms with Gasteiger partial charge in [0.05, 0.1) is 0 Å². The number of aryl methyl sites for hydroxylation is 1. The quantitative estimate of drug-likeness (QED) is 0.509. The van der Waals surface area contributed by atoms with Crippen LogP contribution in [0.15, 0.2) is 54.6 Å². The van der Waals surface area contributed by atoms with Crippen molar-refractivity contribution in [2.75, 3.05) is 11.9 Å². The monoisotopic (exact) mass is 448 g/mol. The lowest BCUT2D eigenvalue weighted by Gasteiger charge is -2.14. The van der Waals surface area contributed by atoms with Crippen LogP contribution in [-0.4, -0.2) is 45.5 Å². The van der Waals surface area contributed by atoms with Gasteiger partial charge in [0.2, 0.25) is 0 Å². The Morgan fingerprint density at radius 2 is 1.70 bits per heavy atom. The van der Waals surface area contributed by atoms with E-state index in [2.05, 4.69) is 27.9 Å². The van der Waals surface area contributed by atoms with Gasteiger partial charge in [-0.15, -0.1) is 0 Å². The first-order chi connectivity index (χ1) is 15.9. The second-order valence-electron chi connectivity index (χ2n) is 7.76. The Balaban J connectivity index is 1.41. The van der Waals surface area contributed by atoms with Crippen LogP contribution in [0, 0.1) is 0 Å². The predicted octanol–water partition coefficient (Wildman–Crippen LogP) is 3.37. The molecule has 1 atom stereocenters. The van der Waals surface area contributed by atoms with Gasteiger partial charge in [-0.25, -0.2) is 9.59 Å². The number of carbonyl (C=O) groups excluding carboxylic acids is 2. The van der Waals surface area contributed by atoms with Gasteiger partial charge in [0.25, 0.3) is 5.91 Å². The number of anilines is 1. The van der Waals surface area contributed by atoms with Gasteiger partial charge in [0.1, 0.15) is 18.5 Å². The van der Waals surface area contributed by atoms with E-state index >= 15 is 0 Å². The van der Waals surface area contributed by atoms with Crippen LogP contribution in [0.3, 0.4) is 0 Å². The van der Waals surface area contributed by atoms with Gasteiger partial charge in [-0.05, 0) is 28.7 Å². The van der Waals surface area contributed by atoms with Crippen molar-refractivity contribution in [1.82, 2.24) is 15.1 Å². The molecular weight excluding hydrogens is 424 g/mol. The van der Waals surface area contributed by atoms with Crippen molar-refractivity contribution in [3.63, 3.8) is 0 Å². The molecule has 3 aromatic rings. The molecule has 0 spiro atoms. The first-order valence-electron chi connectivity index (χ1n) is 10.6. The summed E-state index contributed by atoms with van der Waals surface area (Å²) in [5.41, 5.74) is 4.48. The second-order valence-corrected chi connectivity index (χ2v) is 7.76. The van der Waals surface area contributed by atoms with Crippen molar-refractivity contribution in [2.45, 2.75) is 25.3 Å². The number of rotatable bonds is 7. The van der Waals surface area contributed by atoms with E-state index in [0.717, 1.165) is 22.3 Å². The standard InChI is InChI=1S/C24H24N4O5/c1-3-19(23(30)31)25-22(29)20-12-21(28(2)27-20)26-24(32)33-13-18-16-10-6-4-8-14(16)15-9-5-7-11-17(15)18/h4-12,18-19H,3,13H2,1-2H3,(H,25,29)(H,26,32)(H,30,31)/t19-/m1/s1. The summed E-state index contributed by atoms with van der Waals surface area (Å²) in [6.07, 6.45) is -0.442. The van der Waals surface area contributed by atoms with Gasteiger partial charge in [-0.3, -0.25) is 14.8 Å². The number of amides is 2. The third-order valence-corrected chi connectivity index (χ3v) is 5.70. The molecular formula is C24H24N4O5. The van der Waals surface area contributed by atoms with E-state index in [1.807, 2.05) is 36.4 Å². The first-order valence-corrected chi connectivity index (χ1v) is 10.6. The molecule has 9 heteroatoms. The summed E-state index contributed by atoms with van der Waals surface area (Å²) in [7, 11) is 1.56. The van der Waals surface area contributed by atoms with Crippen LogP contribution < -0.4 is 10.6 Å². The second kappa shape index (κ2) is 9.15. The van der Waals surface area contributed by atoms with Gasteiger partial charge in [-0.1, -0.05) is 55.5 Å². The van der Waals surface area contributed by atoms with E-state index in [9.17, 15) is 14.4 Å². The highest BCUT2D eigenvalue weighted by molar-refractivity contribution is 5.96. The Morgan fingerprint density at radius 3 is 2.27 bits per heavy atom. The summed E-state index contributed by atoms with van der Waals surface area (Å²) in [4.78, 5) is 35.9. The molecule has 9 nitrogen and oxygen atoms in total. The smallest absolute Gasteiger partial charge is 0.412 e.